The minimum Gasteiger partial charge on any atom is -0.454 e. The van der Waals surface area contributed by atoms with Gasteiger partial charge < -0.3 is 4.74 Å². The van der Waals surface area contributed by atoms with Gasteiger partial charge in [0.25, 0.3) is 5.69 Å². The van der Waals surface area contributed by atoms with Crippen LogP contribution in [0.15, 0.2) is 36.7 Å². The largest absolute Gasteiger partial charge is 0.454 e. The van der Waals surface area contributed by atoms with Gasteiger partial charge in [0.15, 0.2) is 12.0 Å². The summed E-state index contributed by atoms with van der Waals surface area (Å²) < 4.78 is 5.38. The summed E-state index contributed by atoms with van der Waals surface area (Å²) >= 11 is 5.89. The van der Waals surface area contributed by atoms with E-state index in [4.69, 9.17) is 16.3 Å². The van der Waals surface area contributed by atoms with E-state index >= 15 is 0 Å². The highest BCUT2D eigenvalue weighted by atomic mass is 35.5. The number of rotatable bonds is 4. The molecular weight excluding hydrogens is 272 g/mol. The molecule has 0 fully saturated rings. The highest BCUT2D eigenvalue weighted by Crippen LogP contribution is 2.32. The molecule has 0 atom stereocenters. The van der Waals surface area contributed by atoms with Crippen molar-refractivity contribution in [2.75, 3.05) is 0 Å². The number of pyridine rings is 1. The number of hydrogen-bond acceptors (Lipinski definition) is 5. The number of halogens is 1. The highest BCUT2D eigenvalue weighted by Gasteiger charge is 2.11. The van der Waals surface area contributed by atoms with Crippen LogP contribution < -0.4 is 4.74 Å². The number of aromatic nitrogens is 1. The first-order valence-electron chi connectivity index (χ1n) is 5.12. The second kappa shape index (κ2) is 5.45. The minimum absolute atomic E-state index is 0.126. The van der Waals surface area contributed by atoms with Gasteiger partial charge in [-0.15, -0.1) is 0 Å². The predicted octanol–water partition coefficient (Wildman–Crippen LogP) is 3.25. The summed E-state index contributed by atoms with van der Waals surface area (Å²) in [4.78, 5) is 24.5. The van der Waals surface area contributed by atoms with Crippen LogP contribution in [-0.4, -0.2) is 16.2 Å². The van der Waals surface area contributed by atoms with Gasteiger partial charge in [0.1, 0.15) is 5.75 Å². The molecule has 0 aliphatic rings. The van der Waals surface area contributed by atoms with Crippen LogP contribution in [0.5, 0.6) is 11.5 Å². The van der Waals surface area contributed by atoms with Crippen molar-refractivity contribution in [3.05, 3.63) is 57.4 Å². The molecule has 1 aromatic carbocycles. The Bertz CT molecular complexity index is 645. The summed E-state index contributed by atoms with van der Waals surface area (Å²) in [5.41, 5.74) is 0.193. The van der Waals surface area contributed by atoms with Crippen LogP contribution in [0.1, 0.15) is 10.4 Å². The number of nitro benzene ring substituents is 1. The summed E-state index contributed by atoms with van der Waals surface area (Å²) in [6.45, 7) is 0. The number of carbonyl (C=O) groups excluding carboxylic acids is 1. The van der Waals surface area contributed by atoms with Gasteiger partial charge >= 0.3 is 0 Å². The van der Waals surface area contributed by atoms with Crippen LogP contribution in [0.2, 0.25) is 5.02 Å². The molecule has 0 spiro atoms. The Morgan fingerprint density at radius 2 is 2.11 bits per heavy atom. The van der Waals surface area contributed by atoms with E-state index < -0.39 is 4.92 Å². The van der Waals surface area contributed by atoms with Crippen molar-refractivity contribution >= 4 is 23.6 Å². The van der Waals surface area contributed by atoms with Crippen molar-refractivity contribution in [1.29, 1.82) is 0 Å². The Balaban J connectivity index is 2.34. The SMILES string of the molecule is O=Cc1cncc(Oc2cc([N+](=O)[O-])ccc2Cl)c1. The zero-order chi connectivity index (χ0) is 13.8. The fraction of sp³-hybridized carbons (Fsp3) is 0. The third-order valence-corrected chi connectivity index (χ3v) is 2.54. The Morgan fingerprint density at radius 3 is 2.79 bits per heavy atom. The van der Waals surface area contributed by atoms with Gasteiger partial charge in [-0.3, -0.25) is 19.9 Å². The molecule has 0 radical (unpaired) electrons. The highest BCUT2D eigenvalue weighted by molar-refractivity contribution is 6.32. The molecule has 6 nitrogen and oxygen atoms in total. The molecule has 2 rings (SSSR count). The predicted molar refractivity (Wildman–Crippen MR) is 67.8 cm³/mol. The van der Waals surface area contributed by atoms with Gasteiger partial charge in [-0.1, -0.05) is 11.6 Å². The molecule has 0 aliphatic heterocycles. The van der Waals surface area contributed by atoms with Crippen molar-refractivity contribution in [2.24, 2.45) is 0 Å². The lowest BCUT2D eigenvalue weighted by Crippen LogP contribution is -1.92. The zero-order valence-corrected chi connectivity index (χ0v) is 10.2. The molecule has 2 aromatic rings. The quantitative estimate of drug-likeness (QED) is 0.487. The zero-order valence-electron chi connectivity index (χ0n) is 9.45. The summed E-state index contributed by atoms with van der Waals surface area (Å²) in [7, 11) is 0. The lowest BCUT2D eigenvalue weighted by Gasteiger charge is -2.07. The Kier molecular flexibility index (Phi) is 3.72. The molecule has 0 amide bonds. The number of ether oxygens (including phenoxy) is 1. The second-order valence-corrected chi connectivity index (χ2v) is 3.95. The van der Waals surface area contributed by atoms with Gasteiger partial charge in [0.2, 0.25) is 0 Å². The fourth-order valence-electron chi connectivity index (χ4n) is 1.37. The molecule has 1 heterocycles. The van der Waals surface area contributed by atoms with E-state index in [1.807, 2.05) is 0 Å². The van der Waals surface area contributed by atoms with E-state index in [0.717, 1.165) is 0 Å². The smallest absolute Gasteiger partial charge is 0.273 e. The molecule has 19 heavy (non-hydrogen) atoms. The number of benzene rings is 1. The lowest BCUT2D eigenvalue weighted by molar-refractivity contribution is -0.384. The maximum Gasteiger partial charge on any atom is 0.273 e. The molecule has 0 saturated heterocycles. The number of hydrogen-bond donors (Lipinski definition) is 0. The fourth-order valence-corrected chi connectivity index (χ4v) is 1.52. The molecule has 0 N–H and O–H groups in total. The molecule has 1 aromatic heterocycles. The minimum atomic E-state index is -0.552. The number of non-ortho nitro benzene ring substituents is 1. The van der Waals surface area contributed by atoms with E-state index in [1.165, 1.54) is 36.7 Å². The molecular formula is C12H7ClN2O4. The number of nitro groups is 1. The lowest BCUT2D eigenvalue weighted by atomic mass is 10.3. The molecule has 0 saturated carbocycles. The van der Waals surface area contributed by atoms with Gasteiger partial charge in [0.05, 0.1) is 22.2 Å². The summed E-state index contributed by atoms with van der Waals surface area (Å²) in [5.74, 6) is 0.396. The third kappa shape index (κ3) is 3.05. The van der Waals surface area contributed by atoms with E-state index in [-0.39, 0.29) is 22.2 Å². The number of carbonyl (C=O) groups is 1. The van der Waals surface area contributed by atoms with E-state index in [9.17, 15) is 14.9 Å². The van der Waals surface area contributed by atoms with Gasteiger partial charge in [0, 0.05) is 17.8 Å². The summed E-state index contributed by atoms with van der Waals surface area (Å²) in [5, 5.41) is 10.9. The van der Waals surface area contributed by atoms with Crippen molar-refractivity contribution in [2.45, 2.75) is 0 Å². The van der Waals surface area contributed by atoms with Crippen molar-refractivity contribution in [3.63, 3.8) is 0 Å². The van der Waals surface area contributed by atoms with Crippen molar-refractivity contribution in [3.8, 4) is 11.5 Å². The van der Waals surface area contributed by atoms with Crippen LogP contribution in [0, 0.1) is 10.1 Å². The van der Waals surface area contributed by atoms with Crippen LogP contribution in [0.4, 0.5) is 5.69 Å². The number of aldehydes is 1. The summed E-state index contributed by atoms with van der Waals surface area (Å²) in [6.07, 6.45) is 3.37. The molecule has 7 heteroatoms. The topological polar surface area (TPSA) is 82.3 Å². The van der Waals surface area contributed by atoms with Crippen LogP contribution >= 0.6 is 11.6 Å². The van der Waals surface area contributed by atoms with Crippen molar-refractivity contribution < 1.29 is 14.5 Å². The van der Waals surface area contributed by atoms with Crippen LogP contribution in [0.25, 0.3) is 0 Å². The summed E-state index contributed by atoms with van der Waals surface area (Å²) in [6, 6.07) is 5.30. The first-order valence-corrected chi connectivity index (χ1v) is 5.50. The van der Waals surface area contributed by atoms with E-state index in [0.29, 0.717) is 11.8 Å². The van der Waals surface area contributed by atoms with E-state index in [2.05, 4.69) is 4.98 Å². The average Bonchev–Trinajstić information content (AvgIpc) is 2.41. The Hall–Kier alpha value is -2.47. The normalized spacial score (nSPS) is 9.95. The Morgan fingerprint density at radius 1 is 1.32 bits per heavy atom. The Labute approximate surface area is 112 Å². The molecule has 0 bridgehead atoms. The molecule has 96 valence electrons. The van der Waals surface area contributed by atoms with Gasteiger partial charge in [-0.25, -0.2) is 0 Å². The molecule has 0 unspecified atom stereocenters. The maximum absolute atomic E-state index is 10.7. The van der Waals surface area contributed by atoms with Gasteiger partial charge in [-0.05, 0) is 12.1 Å². The van der Waals surface area contributed by atoms with E-state index in [1.54, 1.807) is 0 Å². The first-order chi connectivity index (χ1) is 9.10. The third-order valence-electron chi connectivity index (χ3n) is 2.22. The van der Waals surface area contributed by atoms with Crippen LogP contribution in [-0.2, 0) is 0 Å². The molecule has 0 aliphatic carbocycles. The van der Waals surface area contributed by atoms with Crippen molar-refractivity contribution in [1.82, 2.24) is 4.98 Å². The number of nitrogens with zero attached hydrogens (tertiary/aromatic N) is 2. The second-order valence-electron chi connectivity index (χ2n) is 3.55. The first kappa shape index (κ1) is 13.0. The maximum atomic E-state index is 10.7. The van der Waals surface area contributed by atoms with Gasteiger partial charge in [-0.2, -0.15) is 0 Å². The standard InChI is InChI=1S/C12H7ClN2O4/c13-11-2-1-9(15(17)18)4-12(11)19-10-3-8(7-16)5-14-6-10/h1-7H. The van der Waals surface area contributed by atoms with Crippen LogP contribution in [0.3, 0.4) is 0 Å². The monoisotopic (exact) mass is 278 g/mol. The average molecular weight is 279 g/mol.